The van der Waals surface area contributed by atoms with Crippen molar-refractivity contribution in [3.63, 3.8) is 0 Å². The van der Waals surface area contributed by atoms with Gasteiger partial charge in [0, 0.05) is 12.0 Å². The maximum absolute atomic E-state index is 13.1. The molecular weight excluding hydrogens is 412 g/mol. The topological polar surface area (TPSA) is 125 Å². The molecule has 3 atom stereocenters. The van der Waals surface area contributed by atoms with Crippen molar-refractivity contribution >= 4 is 28.5 Å². The van der Waals surface area contributed by atoms with Gasteiger partial charge in [0.1, 0.15) is 17.8 Å². The van der Waals surface area contributed by atoms with Crippen molar-refractivity contribution in [2.24, 2.45) is 0 Å². The number of rotatable bonds is 4. The Kier molecular flexibility index (Phi) is 4.27. The molecule has 2 aliphatic heterocycles. The number of para-hydroxylation sites is 2. The van der Waals surface area contributed by atoms with E-state index in [1.807, 2.05) is 0 Å². The van der Waals surface area contributed by atoms with Crippen molar-refractivity contribution in [3.05, 3.63) is 70.8 Å². The first-order valence-electron chi connectivity index (χ1n) is 10.3. The maximum atomic E-state index is 13.1. The third-order valence-electron chi connectivity index (χ3n) is 6.41. The third-order valence-corrected chi connectivity index (χ3v) is 6.41. The summed E-state index contributed by atoms with van der Waals surface area (Å²) < 4.78 is 1.04. The Morgan fingerprint density at radius 2 is 1.84 bits per heavy atom. The van der Waals surface area contributed by atoms with Crippen molar-refractivity contribution in [2.45, 2.75) is 43.6 Å². The van der Waals surface area contributed by atoms with Gasteiger partial charge in [-0.15, -0.1) is 0 Å². The van der Waals surface area contributed by atoms with Crippen LogP contribution in [0.4, 0.5) is 5.69 Å². The smallest absolute Gasteiger partial charge is 0.326 e. The second-order valence-corrected chi connectivity index (χ2v) is 8.82. The van der Waals surface area contributed by atoms with E-state index < -0.39 is 34.9 Å². The standard InChI is InChI=1S/C23H22N4O5/c1-22(2)21(31)27-16-10-6-4-8-14(16)23(32,20(27)25-22)11-17(19(29)30)26-12-24-15-9-5-3-7-13(15)18(26)28/h3-10,12,17,20,25,32H,11H2,1-2H3,(H,29,30)/t17-,20-,23+/m1/s1. The summed E-state index contributed by atoms with van der Waals surface area (Å²) in [4.78, 5) is 44.1. The van der Waals surface area contributed by atoms with Crippen LogP contribution in [-0.2, 0) is 15.2 Å². The van der Waals surface area contributed by atoms with Crippen LogP contribution in [0.2, 0.25) is 0 Å². The second-order valence-electron chi connectivity index (χ2n) is 8.82. The first kappa shape index (κ1) is 20.3. The Hall–Kier alpha value is -3.56. The van der Waals surface area contributed by atoms with Crippen molar-refractivity contribution < 1.29 is 19.8 Å². The number of hydrogen-bond donors (Lipinski definition) is 3. The van der Waals surface area contributed by atoms with Crippen LogP contribution >= 0.6 is 0 Å². The molecule has 1 amide bonds. The van der Waals surface area contributed by atoms with Gasteiger partial charge >= 0.3 is 5.97 Å². The number of amides is 1. The summed E-state index contributed by atoms with van der Waals surface area (Å²) in [5, 5.41) is 25.4. The number of carbonyl (C=O) groups is 2. The van der Waals surface area contributed by atoms with Crippen LogP contribution in [0.1, 0.15) is 31.9 Å². The van der Waals surface area contributed by atoms with Gasteiger partial charge in [-0.3, -0.25) is 24.4 Å². The van der Waals surface area contributed by atoms with Gasteiger partial charge in [-0.2, -0.15) is 0 Å². The molecule has 3 aromatic rings. The van der Waals surface area contributed by atoms with Crippen molar-refractivity contribution in [1.82, 2.24) is 14.9 Å². The van der Waals surface area contributed by atoms with Crippen molar-refractivity contribution in [3.8, 4) is 0 Å². The monoisotopic (exact) mass is 434 g/mol. The van der Waals surface area contributed by atoms with Gasteiger partial charge in [0.25, 0.3) is 5.56 Å². The van der Waals surface area contributed by atoms with Gasteiger partial charge in [-0.25, -0.2) is 9.78 Å². The molecule has 0 saturated carbocycles. The summed E-state index contributed by atoms with van der Waals surface area (Å²) >= 11 is 0. The van der Waals surface area contributed by atoms with E-state index in [9.17, 15) is 24.6 Å². The summed E-state index contributed by atoms with van der Waals surface area (Å²) in [6.07, 6.45) is -0.00673. The van der Waals surface area contributed by atoms with E-state index in [1.54, 1.807) is 62.4 Å². The molecule has 0 spiro atoms. The molecule has 3 heterocycles. The van der Waals surface area contributed by atoms with E-state index in [0.717, 1.165) is 4.57 Å². The number of anilines is 1. The molecule has 9 nitrogen and oxygen atoms in total. The number of carbonyl (C=O) groups excluding carboxylic acids is 1. The molecule has 3 N–H and O–H groups in total. The zero-order chi connectivity index (χ0) is 22.8. The Balaban J connectivity index is 1.64. The van der Waals surface area contributed by atoms with E-state index in [1.165, 1.54) is 11.2 Å². The molecule has 1 saturated heterocycles. The van der Waals surface area contributed by atoms with Gasteiger partial charge in [0.2, 0.25) is 5.91 Å². The molecule has 2 aliphatic rings. The molecule has 1 aromatic heterocycles. The van der Waals surface area contributed by atoms with Gasteiger partial charge in [-0.05, 0) is 32.0 Å². The minimum atomic E-state index is -1.74. The minimum absolute atomic E-state index is 0.220. The molecule has 0 radical (unpaired) electrons. The molecule has 32 heavy (non-hydrogen) atoms. The summed E-state index contributed by atoms with van der Waals surface area (Å²) in [6.45, 7) is 3.42. The Morgan fingerprint density at radius 3 is 2.59 bits per heavy atom. The molecule has 0 unspecified atom stereocenters. The molecule has 0 bridgehead atoms. The molecule has 2 aromatic carbocycles. The van der Waals surface area contributed by atoms with E-state index >= 15 is 0 Å². The number of carboxylic acids is 1. The molecular formula is C23H22N4O5. The first-order chi connectivity index (χ1) is 15.1. The normalized spacial score (nSPS) is 24.4. The lowest BCUT2D eigenvalue weighted by molar-refractivity contribution is -0.144. The van der Waals surface area contributed by atoms with Gasteiger partial charge in [0.15, 0.2) is 0 Å². The average Bonchev–Trinajstić information content (AvgIpc) is 3.15. The molecule has 5 rings (SSSR count). The number of nitrogens with one attached hydrogen (secondary N) is 1. The van der Waals surface area contributed by atoms with Crippen LogP contribution in [0.5, 0.6) is 0 Å². The fourth-order valence-electron chi connectivity index (χ4n) is 4.79. The minimum Gasteiger partial charge on any atom is -0.480 e. The number of aliphatic hydroxyl groups is 1. The van der Waals surface area contributed by atoms with Crippen LogP contribution < -0.4 is 15.8 Å². The second kappa shape index (κ2) is 6.72. The summed E-state index contributed by atoms with van der Waals surface area (Å²) in [5.41, 5.74) is -1.77. The maximum Gasteiger partial charge on any atom is 0.326 e. The van der Waals surface area contributed by atoms with E-state index in [2.05, 4.69) is 10.3 Å². The summed E-state index contributed by atoms with van der Waals surface area (Å²) in [7, 11) is 0. The highest BCUT2D eigenvalue weighted by Gasteiger charge is 2.61. The number of benzene rings is 2. The van der Waals surface area contributed by atoms with Crippen LogP contribution in [0, 0.1) is 0 Å². The third kappa shape index (κ3) is 2.71. The highest BCUT2D eigenvalue weighted by molar-refractivity contribution is 6.05. The Morgan fingerprint density at radius 1 is 1.16 bits per heavy atom. The number of aromatic nitrogens is 2. The van der Waals surface area contributed by atoms with Crippen molar-refractivity contribution in [2.75, 3.05) is 4.90 Å². The van der Waals surface area contributed by atoms with Gasteiger partial charge in [-0.1, -0.05) is 30.3 Å². The number of fused-ring (bicyclic) bond motifs is 4. The number of nitrogens with zero attached hydrogens (tertiary/aromatic N) is 3. The van der Waals surface area contributed by atoms with Crippen LogP contribution in [0.15, 0.2) is 59.7 Å². The van der Waals surface area contributed by atoms with Crippen molar-refractivity contribution in [1.29, 1.82) is 0 Å². The molecule has 164 valence electrons. The van der Waals surface area contributed by atoms with Crippen LogP contribution in [0.25, 0.3) is 10.9 Å². The molecule has 9 heteroatoms. The van der Waals surface area contributed by atoms with E-state index in [4.69, 9.17) is 0 Å². The number of hydrogen-bond acceptors (Lipinski definition) is 6. The fraction of sp³-hybridized carbons (Fsp3) is 0.304. The lowest BCUT2D eigenvalue weighted by Gasteiger charge is -2.33. The predicted molar refractivity (Wildman–Crippen MR) is 116 cm³/mol. The average molecular weight is 434 g/mol. The van der Waals surface area contributed by atoms with Gasteiger partial charge in [0.05, 0.1) is 28.5 Å². The largest absolute Gasteiger partial charge is 0.480 e. The SMILES string of the molecule is CC1(C)N[C@@H]2N(C1=O)c1ccccc1[C@@]2(O)C[C@H](C(=O)O)n1cnc2ccccc2c1=O. The molecule has 0 aliphatic carbocycles. The highest BCUT2D eigenvalue weighted by atomic mass is 16.4. The van der Waals surface area contributed by atoms with E-state index in [0.29, 0.717) is 16.8 Å². The lowest BCUT2D eigenvalue weighted by Crippen LogP contribution is -2.52. The van der Waals surface area contributed by atoms with Crippen LogP contribution in [-0.4, -0.2) is 43.3 Å². The lowest BCUT2D eigenvalue weighted by atomic mass is 9.86. The van der Waals surface area contributed by atoms with Gasteiger partial charge < -0.3 is 10.2 Å². The predicted octanol–water partition coefficient (Wildman–Crippen LogP) is 1.35. The molecule has 1 fully saturated rings. The number of aliphatic carboxylic acids is 1. The zero-order valence-electron chi connectivity index (χ0n) is 17.5. The number of carboxylic acid groups (broad SMARTS) is 1. The van der Waals surface area contributed by atoms with Crippen LogP contribution in [0.3, 0.4) is 0 Å². The summed E-state index contributed by atoms with van der Waals surface area (Å²) in [5.74, 6) is -1.50. The zero-order valence-corrected chi connectivity index (χ0v) is 17.5. The Bertz CT molecular complexity index is 1330. The quantitative estimate of drug-likeness (QED) is 0.566. The summed E-state index contributed by atoms with van der Waals surface area (Å²) in [6, 6.07) is 12.2. The first-order valence-corrected chi connectivity index (χ1v) is 10.3. The highest BCUT2D eigenvalue weighted by Crippen LogP contribution is 2.50. The fourth-order valence-corrected chi connectivity index (χ4v) is 4.79. The Labute approximate surface area is 182 Å². The van der Waals surface area contributed by atoms with E-state index in [-0.39, 0.29) is 17.7 Å².